The number of rotatable bonds is 5. The van der Waals surface area contributed by atoms with E-state index in [1.54, 1.807) is 11.8 Å². The molecule has 7 heteroatoms. The first-order chi connectivity index (χ1) is 16.1. The molecule has 0 saturated carbocycles. The van der Waals surface area contributed by atoms with Crippen LogP contribution < -0.4 is 10.2 Å². The second-order valence-corrected chi connectivity index (χ2v) is 10.3. The minimum atomic E-state index is 0.0122. The maximum absolute atomic E-state index is 13.0. The van der Waals surface area contributed by atoms with Crippen molar-refractivity contribution >= 4 is 51.5 Å². The summed E-state index contributed by atoms with van der Waals surface area (Å²) in [6.45, 7) is 3.99. The number of carbonyl (C=O) groups excluding carboxylic acids is 1. The molecule has 1 aliphatic heterocycles. The number of halogens is 1. The van der Waals surface area contributed by atoms with Gasteiger partial charge in [-0.25, -0.2) is 0 Å². The van der Waals surface area contributed by atoms with Crippen molar-refractivity contribution in [2.24, 2.45) is 0 Å². The second kappa shape index (κ2) is 9.92. The van der Waals surface area contributed by atoms with E-state index >= 15 is 0 Å². The first kappa shape index (κ1) is 22.5. The maximum Gasteiger partial charge on any atom is 0.234 e. The highest BCUT2D eigenvalue weighted by atomic mass is 35.5. The van der Waals surface area contributed by atoms with E-state index in [4.69, 9.17) is 16.6 Å². The van der Waals surface area contributed by atoms with E-state index in [0.29, 0.717) is 10.8 Å². The number of thioether (sulfide) groups is 1. The molecule has 1 N–H and O–H groups in total. The SMILES string of the molecule is CN1CCN(c2ccccc2NC(=O)CSc2c3c(nc4ccc(Cl)cc24)CCCC3)CC1. The molecule has 0 bridgehead atoms. The molecule has 1 saturated heterocycles. The van der Waals surface area contributed by atoms with Gasteiger partial charge in [0.15, 0.2) is 0 Å². The number of likely N-dealkylation sites (N-methyl/N-ethyl adjacent to an activating group) is 1. The average Bonchev–Trinajstić information content (AvgIpc) is 2.83. The molecule has 1 aromatic heterocycles. The van der Waals surface area contributed by atoms with Gasteiger partial charge in [-0.15, -0.1) is 11.8 Å². The number of aromatic nitrogens is 1. The first-order valence-electron chi connectivity index (χ1n) is 11.6. The lowest BCUT2D eigenvalue weighted by molar-refractivity contribution is -0.113. The third-order valence-corrected chi connectivity index (χ3v) is 7.94. The quantitative estimate of drug-likeness (QED) is 0.505. The van der Waals surface area contributed by atoms with Gasteiger partial charge in [-0.05, 0) is 68.6 Å². The van der Waals surface area contributed by atoms with E-state index in [-0.39, 0.29) is 5.91 Å². The summed E-state index contributed by atoms with van der Waals surface area (Å²) in [5.74, 6) is 0.368. The summed E-state index contributed by atoms with van der Waals surface area (Å²) in [7, 11) is 2.15. The highest BCUT2D eigenvalue weighted by Crippen LogP contribution is 2.37. The average molecular weight is 481 g/mol. The standard InChI is InChI=1S/C26H29ClN4OS/c1-30-12-14-31(15-13-30)24-9-5-4-8-23(24)29-25(32)17-33-26-19-6-2-3-7-21(19)28-22-11-10-18(27)16-20(22)26/h4-5,8-11,16H,2-3,6-7,12-15,17H2,1H3,(H,29,32). The molecule has 5 nitrogen and oxygen atoms in total. The van der Waals surface area contributed by atoms with Gasteiger partial charge >= 0.3 is 0 Å². The summed E-state index contributed by atoms with van der Waals surface area (Å²) in [4.78, 5) is 23.8. The zero-order valence-electron chi connectivity index (χ0n) is 18.9. The second-order valence-electron chi connectivity index (χ2n) is 8.88. The molecule has 3 aromatic rings. The topological polar surface area (TPSA) is 48.5 Å². The van der Waals surface area contributed by atoms with Gasteiger partial charge in [-0.1, -0.05) is 23.7 Å². The Labute approximate surface area is 204 Å². The Balaban J connectivity index is 1.35. The predicted molar refractivity (Wildman–Crippen MR) is 139 cm³/mol. The molecule has 0 unspecified atom stereocenters. The van der Waals surface area contributed by atoms with Crippen LogP contribution in [0, 0.1) is 0 Å². The molecule has 0 spiro atoms. The van der Waals surface area contributed by atoms with Crippen LogP contribution in [0.25, 0.3) is 10.9 Å². The van der Waals surface area contributed by atoms with Crippen molar-refractivity contribution in [1.29, 1.82) is 0 Å². The van der Waals surface area contributed by atoms with Crippen molar-refractivity contribution in [3.63, 3.8) is 0 Å². The summed E-state index contributed by atoms with van der Waals surface area (Å²) in [5, 5.41) is 4.93. The monoisotopic (exact) mass is 480 g/mol. The van der Waals surface area contributed by atoms with E-state index in [0.717, 1.165) is 61.3 Å². The summed E-state index contributed by atoms with van der Waals surface area (Å²) >= 11 is 7.93. The number of nitrogens with one attached hydrogen (secondary N) is 1. The summed E-state index contributed by atoms with van der Waals surface area (Å²) < 4.78 is 0. The molecule has 0 atom stereocenters. The number of hydrogen-bond acceptors (Lipinski definition) is 5. The molecule has 2 aromatic carbocycles. The van der Waals surface area contributed by atoms with Crippen LogP contribution in [-0.2, 0) is 17.6 Å². The minimum Gasteiger partial charge on any atom is -0.367 e. The van der Waals surface area contributed by atoms with Crippen molar-refractivity contribution in [3.05, 3.63) is 58.7 Å². The normalized spacial score (nSPS) is 16.6. The van der Waals surface area contributed by atoms with Crippen molar-refractivity contribution in [1.82, 2.24) is 9.88 Å². The first-order valence-corrected chi connectivity index (χ1v) is 13.0. The fourth-order valence-electron chi connectivity index (χ4n) is 4.74. The largest absolute Gasteiger partial charge is 0.367 e. The lowest BCUT2D eigenvalue weighted by Gasteiger charge is -2.35. The Kier molecular flexibility index (Phi) is 6.76. The summed E-state index contributed by atoms with van der Waals surface area (Å²) in [6.07, 6.45) is 4.36. The van der Waals surface area contributed by atoms with E-state index in [9.17, 15) is 4.79 Å². The van der Waals surface area contributed by atoms with Crippen LogP contribution in [0.3, 0.4) is 0 Å². The van der Waals surface area contributed by atoms with Crippen molar-refractivity contribution in [2.45, 2.75) is 30.6 Å². The van der Waals surface area contributed by atoms with Gasteiger partial charge in [0.05, 0.1) is 22.6 Å². The molecule has 2 aliphatic rings. The van der Waals surface area contributed by atoms with Crippen molar-refractivity contribution in [3.8, 4) is 0 Å². The van der Waals surface area contributed by atoms with Crippen LogP contribution in [-0.4, -0.2) is 54.8 Å². The lowest BCUT2D eigenvalue weighted by atomic mass is 9.94. The van der Waals surface area contributed by atoms with Gasteiger partial charge in [-0.2, -0.15) is 0 Å². The fraction of sp³-hybridized carbons (Fsp3) is 0.385. The number of pyridine rings is 1. The van der Waals surface area contributed by atoms with Crippen molar-refractivity contribution < 1.29 is 4.79 Å². The Morgan fingerprint density at radius 1 is 1.09 bits per heavy atom. The van der Waals surface area contributed by atoms with Gasteiger partial charge in [0.2, 0.25) is 5.91 Å². The number of benzene rings is 2. The van der Waals surface area contributed by atoms with Crippen LogP contribution in [0.5, 0.6) is 0 Å². The van der Waals surface area contributed by atoms with Crippen LogP contribution in [0.1, 0.15) is 24.1 Å². The summed E-state index contributed by atoms with van der Waals surface area (Å²) in [6, 6.07) is 14.0. The molecular formula is C26H29ClN4OS. The molecule has 5 rings (SSSR count). The molecule has 2 heterocycles. The smallest absolute Gasteiger partial charge is 0.234 e. The number of hydrogen-bond donors (Lipinski definition) is 1. The molecule has 0 radical (unpaired) electrons. The van der Waals surface area contributed by atoms with E-state index < -0.39 is 0 Å². The molecule has 33 heavy (non-hydrogen) atoms. The fourth-order valence-corrected chi connectivity index (χ4v) is 5.98. The number of aryl methyl sites for hydroxylation is 1. The molecular weight excluding hydrogens is 452 g/mol. The Bertz CT molecular complexity index is 1180. The number of piperazine rings is 1. The lowest BCUT2D eigenvalue weighted by Crippen LogP contribution is -2.44. The van der Waals surface area contributed by atoms with Crippen molar-refractivity contribution in [2.75, 3.05) is 49.2 Å². The van der Waals surface area contributed by atoms with Gasteiger partial charge in [0, 0.05) is 47.2 Å². The van der Waals surface area contributed by atoms with Crippen LogP contribution >= 0.6 is 23.4 Å². The third kappa shape index (κ3) is 4.98. The number of para-hydroxylation sites is 2. The van der Waals surface area contributed by atoms with Gasteiger partial charge in [-0.3, -0.25) is 9.78 Å². The highest BCUT2D eigenvalue weighted by Gasteiger charge is 2.21. The number of carbonyl (C=O) groups is 1. The maximum atomic E-state index is 13.0. The zero-order chi connectivity index (χ0) is 22.8. The van der Waals surface area contributed by atoms with E-state index in [2.05, 4.69) is 28.2 Å². The van der Waals surface area contributed by atoms with Crippen LogP contribution in [0.15, 0.2) is 47.4 Å². The number of fused-ring (bicyclic) bond motifs is 2. The molecule has 1 fully saturated rings. The number of nitrogens with zero attached hydrogens (tertiary/aromatic N) is 3. The van der Waals surface area contributed by atoms with Gasteiger partial charge < -0.3 is 15.1 Å². The Hall–Kier alpha value is -2.28. The molecule has 1 aliphatic carbocycles. The van der Waals surface area contributed by atoms with Crippen LogP contribution in [0.2, 0.25) is 5.02 Å². The number of anilines is 2. The predicted octanol–water partition coefficient (Wildman–Crippen LogP) is 5.25. The third-order valence-electron chi connectivity index (χ3n) is 6.54. The van der Waals surface area contributed by atoms with Crippen LogP contribution in [0.4, 0.5) is 11.4 Å². The molecule has 1 amide bonds. The zero-order valence-corrected chi connectivity index (χ0v) is 20.5. The Morgan fingerprint density at radius 3 is 2.73 bits per heavy atom. The highest BCUT2D eigenvalue weighted by molar-refractivity contribution is 8.00. The Morgan fingerprint density at radius 2 is 1.88 bits per heavy atom. The molecule has 172 valence electrons. The summed E-state index contributed by atoms with van der Waals surface area (Å²) in [5.41, 5.74) is 5.43. The van der Waals surface area contributed by atoms with Gasteiger partial charge in [0.25, 0.3) is 0 Å². The van der Waals surface area contributed by atoms with E-state index in [1.807, 2.05) is 36.4 Å². The minimum absolute atomic E-state index is 0.0122. The van der Waals surface area contributed by atoms with Gasteiger partial charge in [0.1, 0.15) is 0 Å². The number of amides is 1. The van der Waals surface area contributed by atoms with E-state index in [1.165, 1.54) is 29.0 Å².